The molecule has 0 radical (unpaired) electrons. The lowest BCUT2D eigenvalue weighted by Crippen LogP contribution is -2.14. The molecule has 1 aliphatic heterocycles. The van der Waals surface area contributed by atoms with Gasteiger partial charge in [0.2, 0.25) is 0 Å². The molecule has 0 bridgehead atoms. The van der Waals surface area contributed by atoms with Crippen LogP contribution in [0.5, 0.6) is 0 Å². The number of hydrogen-bond donors (Lipinski definition) is 1. The van der Waals surface area contributed by atoms with Gasteiger partial charge in [0.15, 0.2) is 0 Å². The minimum Gasteiger partial charge on any atom is -0.330 e. The maximum Gasteiger partial charge on any atom is 0.0880 e. The van der Waals surface area contributed by atoms with Gasteiger partial charge in [-0.3, -0.25) is 9.98 Å². The zero-order chi connectivity index (χ0) is 12.8. The lowest BCUT2D eigenvalue weighted by molar-refractivity contribution is 0.602. The van der Waals surface area contributed by atoms with Gasteiger partial charge in [-0.15, -0.1) is 0 Å². The second kappa shape index (κ2) is 6.30. The number of hydrogen-bond acceptors (Lipinski definition) is 3. The average molecular weight is 231 g/mol. The Hall–Kier alpha value is -1.48. The molecule has 0 aromatic heterocycles. The smallest absolute Gasteiger partial charge is 0.0880 e. The Bertz CT molecular complexity index is 407. The van der Waals surface area contributed by atoms with Crippen LogP contribution in [0.3, 0.4) is 0 Å². The van der Waals surface area contributed by atoms with E-state index in [0.29, 0.717) is 12.5 Å². The van der Waals surface area contributed by atoms with Crippen molar-refractivity contribution in [1.29, 1.82) is 0 Å². The minimum absolute atomic E-state index is 0.408. The summed E-state index contributed by atoms with van der Waals surface area (Å²) in [6.07, 6.45) is 6.80. The van der Waals surface area contributed by atoms with Gasteiger partial charge in [-0.05, 0) is 44.9 Å². The Labute approximate surface area is 104 Å². The minimum atomic E-state index is 0.408. The lowest BCUT2D eigenvalue weighted by atomic mass is 9.99. The van der Waals surface area contributed by atoms with Crippen molar-refractivity contribution in [3.05, 3.63) is 36.2 Å². The van der Waals surface area contributed by atoms with E-state index in [1.807, 2.05) is 25.3 Å². The first-order chi connectivity index (χ1) is 8.08. The van der Waals surface area contributed by atoms with Crippen LogP contribution >= 0.6 is 0 Å². The van der Waals surface area contributed by atoms with Crippen LogP contribution in [0, 0.1) is 5.92 Å². The highest BCUT2D eigenvalue weighted by molar-refractivity contribution is 6.15. The fraction of sp³-hybridized carbons (Fsp3) is 0.429. The highest BCUT2D eigenvalue weighted by Crippen LogP contribution is 2.14. The predicted octanol–water partition coefficient (Wildman–Crippen LogP) is 2.86. The quantitative estimate of drug-likeness (QED) is 0.794. The van der Waals surface area contributed by atoms with Crippen LogP contribution in [0.1, 0.15) is 27.2 Å². The van der Waals surface area contributed by atoms with Gasteiger partial charge in [-0.2, -0.15) is 0 Å². The monoisotopic (exact) mass is 231 g/mol. The van der Waals surface area contributed by atoms with Gasteiger partial charge >= 0.3 is 0 Å². The average Bonchev–Trinajstić information content (AvgIpc) is 2.29. The molecular formula is C14H21N3. The van der Waals surface area contributed by atoms with Crippen LogP contribution in [-0.2, 0) is 0 Å². The third kappa shape index (κ3) is 3.79. The van der Waals surface area contributed by atoms with E-state index in [2.05, 4.69) is 30.4 Å². The molecule has 1 aliphatic rings. The standard InChI is InChI=1S/C14H21N3/c1-5-13(8-15)10(2)9-16-14-7-6-11(3)17-12(14)4/h6-7,9,13H,4-5,8,15H2,1-3H3/b10-9+,16-14?. The van der Waals surface area contributed by atoms with Crippen molar-refractivity contribution in [2.24, 2.45) is 21.6 Å². The molecule has 0 aromatic rings. The maximum absolute atomic E-state index is 5.70. The summed E-state index contributed by atoms with van der Waals surface area (Å²) >= 11 is 0. The molecule has 1 unspecified atom stereocenters. The van der Waals surface area contributed by atoms with Crippen molar-refractivity contribution < 1.29 is 0 Å². The van der Waals surface area contributed by atoms with E-state index in [4.69, 9.17) is 5.73 Å². The van der Waals surface area contributed by atoms with Crippen molar-refractivity contribution in [2.75, 3.05) is 6.54 Å². The molecule has 2 N–H and O–H groups in total. The van der Waals surface area contributed by atoms with Gasteiger partial charge in [-0.1, -0.05) is 19.1 Å². The summed E-state index contributed by atoms with van der Waals surface area (Å²) in [7, 11) is 0. The summed E-state index contributed by atoms with van der Waals surface area (Å²) in [6, 6.07) is 0. The first-order valence-corrected chi connectivity index (χ1v) is 5.95. The molecule has 1 rings (SSSR count). The van der Waals surface area contributed by atoms with Crippen molar-refractivity contribution in [3.8, 4) is 0 Å². The van der Waals surface area contributed by atoms with Crippen LogP contribution in [0.2, 0.25) is 0 Å². The fourth-order valence-electron chi connectivity index (χ4n) is 1.67. The van der Waals surface area contributed by atoms with Crippen molar-refractivity contribution in [2.45, 2.75) is 27.2 Å². The number of aliphatic imine (C=N–C) groups is 2. The van der Waals surface area contributed by atoms with Crippen LogP contribution in [0.4, 0.5) is 0 Å². The first-order valence-electron chi connectivity index (χ1n) is 5.95. The molecule has 0 fully saturated rings. The molecule has 0 saturated carbocycles. The third-order valence-corrected chi connectivity index (χ3v) is 2.92. The molecule has 3 nitrogen and oxygen atoms in total. The predicted molar refractivity (Wildman–Crippen MR) is 75.4 cm³/mol. The number of dihydropyridines is 1. The second-order valence-electron chi connectivity index (χ2n) is 4.26. The van der Waals surface area contributed by atoms with Crippen LogP contribution in [-0.4, -0.2) is 18.0 Å². The summed E-state index contributed by atoms with van der Waals surface area (Å²) in [5.74, 6) is 0.408. The molecule has 0 aromatic carbocycles. The van der Waals surface area contributed by atoms with Crippen LogP contribution in [0.25, 0.3) is 0 Å². The Morgan fingerprint density at radius 1 is 1.59 bits per heavy atom. The molecule has 92 valence electrons. The molecule has 1 atom stereocenters. The number of nitrogens with zero attached hydrogens (tertiary/aromatic N) is 2. The zero-order valence-electron chi connectivity index (χ0n) is 10.9. The van der Waals surface area contributed by atoms with E-state index in [-0.39, 0.29) is 0 Å². The van der Waals surface area contributed by atoms with Crippen molar-refractivity contribution >= 4 is 11.4 Å². The van der Waals surface area contributed by atoms with Gasteiger partial charge < -0.3 is 5.73 Å². The molecule has 3 heteroatoms. The van der Waals surface area contributed by atoms with Gasteiger partial charge in [0, 0.05) is 11.9 Å². The third-order valence-electron chi connectivity index (χ3n) is 2.92. The number of nitrogens with two attached hydrogens (primary N) is 1. The molecule has 0 aliphatic carbocycles. The summed E-state index contributed by atoms with van der Waals surface area (Å²) in [6.45, 7) is 10.7. The molecule has 0 spiro atoms. The van der Waals surface area contributed by atoms with Crippen LogP contribution in [0.15, 0.2) is 46.2 Å². The van der Waals surface area contributed by atoms with Crippen molar-refractivity contribution in [1.82, 2.24) is 0 Å². The van der Waals surface area contributed by atoms with E-state index in [1.54, 1.807) is 0 Å². The number of allylic oxidation sites excluding steroid dienone is 2. The van der Waals surface area contributed by atoms with Gasteiger partial charge in [0.1, 0.15) is 0 Å². The number of rotatable bonds is 4. The molecule has 1 heterocycles. The van der Waals surface area contributed by atoms with Crippen molar-refractivity contribution in [3.63, 3.8) is 0 Å². The topological polar surface area (TPSA) is 50.7 Å². The zero-order valence-corrected chi connectivity index (χ0v) is 10.9. The van der Waals surface area contributed by atoms with Gasteiger partial charge in [0.25, 0.3) is 0 Å². The van der Waals surface area contributed by atoms with E-state index in [1.165, 1.54) is 5.57 Å². The van der Waals surface area contributed by atoms with E-state index < -0.39 is 0 Å². The molecule has 0 amide bonds. The highest BCUT2D eigenvalue weighted by Gasteiger charge is 2.07. The lowest BCUT2D eigenvalue weighted by Gasteiger charge is -2.12. The SMILES string of the molecule is C=C1N=C(C)C=CC1=N/C=C(\C)C(CC)CN. The normalized spacial score (nSPS) is 20.7. The fourth-order valence-corrected chi connectivity index (χ4v) is 1.67. The Morgan fingerprint density at radius 2 is 2.29 bits per heavy atom. The molecule has 0 saturated heterocycles. The van der Waals surface area contributed by atoms with E-state index >= 15 is 0 Å². The molecular weight excluding hydrogens is 210 g/mol. The second-order valence-corrected chi connectivity index (χ2v) is 4.26. The molecule has 17 heavy (non-hydrogen) atoms. The largest absolute Gasteiger partial charge is 0.330 e. The summed E-state index contributed by atoms with van der Waals surface area (Å²) in [4.78, 5) is 8.70. The Morgan fingerprint density at radius 3 is 2.82 bits per heavy atom. The Kier molecular flexibility index (Phi) is 5.04. The van der Waals surface area contributed by atoms with Gasteiger partial charge in [-0.25, -0.2) is 0 Å². The highest BCUT2D eigenvalue weighted by atomic mass is 14.8. The summed E-state index contributed by atoms with van der Waals surface area (Å²) in [5, 5.41) is 0. The van der Waals surface area contributed by atoms with E-state index in [9.17, 15) is 0 Å². The summed E-state index contributed by atoms with van der Waals surface area (Å²) in [5.41, 5.74) is 9.40. The maximum atomic E-state index is 5.70. The Balaban J connectivity index is 2.81. The summed E-state index contributed by atoms with van der Waals surface area (Å²) < 4.78 is 0. The van der Waals surface area contributed by atoms with Gasteiger partial charge in [0.05, 0.1) is 11.4 Å². The van der Waals surface area contributed by atoms with E-state index in [0.717, 1.165) is 23.5 Å². The first kappa shape index (κ1) is 13.6. The van der Waals surface area contributed by atoms with Crippen LogP contribution < -0.4 is 5.73 Å².